The van der Waals surface area contributed by atoms with E-state index in [1.807, 2.05) is 52.0 Å². The number of amides is 1. The van der Waals surface area contributed by atoms with Gasteiger partial charge in [-0.3, -0.25) is 0 Å². The average Bonchev–Trinajstić information content (AvgIpc) is 2.65. The molecule has 0 aliphatic carbocycles. The lowest BCUT2D eigenvalue weighted by molar-refractivity contribution is 0.00578. The van der Waals surface area contributed by atoms with Crippen molar-refractivity contribution in [2.45, 2.75) is 51.9 Å². The maximum atomic E-state index is 10.5. The van der Waals surface area contributed by atoms with Gasteiger partial charge in [0.1, 0.15) is 12.4 Å². The van der Waals surface area contributed by atoms with Crippen molar-refractivity contribution in [1.82, 2.24) is 5.32 Å². The molecule has 0 spiro atoms. The normalized spacial score (nSPS) is 20.1. The summed E-state index contributed by atoms with van der Waals surface area (Å²) >= 11 is 0. The van der Waals surface area contributed by atoms with Gasteiger partial charge in [0.25, 0.3) is 0 Å². The van der Waals surface area contributed by atoms with E-state index in [1.165, 1.54) is 0 Å². The van der Waals surface area contributed by atoms with E-state index >= 15 is 0 Å². The van der Waals surface area contributed by atoms with Crippen LogP contribution in [0.5, 0.6) is 5.75 Å². The number of rotatable bonds is 5. The quantitative estimate of drug-likeness (QED) is 0.812. The molecule has 1 aromatic carbocycles. The Hall–Kier alpha value is -1.73. The summed E-state index contributed by atoms with van der Waals surface area (Å²) in [7, 11) is -0.401. The third-order valence-electron chi connectivity index (χ3n) is 4.28. The zero-order chi connectivity index (χ0) is 17.3. The summed E-state index contributed by atoms with van der Waals surface area (Å²) in [5.74, 6) is 0.671. The van der Waals surface area contributed by atoms with Crippen LogP contribution in [0.15, 0.2) is 24.3 Å². The monoisotopic (exact) mass is 321 g/mol. The predicted octanol–water partition coefficient (Wildman–Crippen LogP) is 2.02. The van der Waals surface area contributed by atoms with Gasteiger partial charge in [-0.25, -0.2) is 4.79 Å². The Bertz CT molecular complexity index is 542. The smallest absolute Gasteiger partial charge is 0.491 e. The van der Waals surface area contributed by atoms with Crippen molar-refractivity contribution in [3.63, 3.8) is 0 Å². The number of carboxylic acid groups (broad SMARTS) is 1. The van der Waals surface area contributed by atoms with Gasteiger partial charge < -0.3 is 24.5 Å². The molecule has 1 aromatic rings. The van der Waals surface area contributed by atoms with E-state index in [1.54, 1.807) is 6.92 Å². The first-order valence-corrected chi connectivity index (χ1v) is 7.68. The molecule has 1 atom stereocenters. The number of hydrogen-bond acceptors (Lipinski definition) is 4. The molecular formula is C16H24BNO5. The van der Waals surface area contributed by atoms with Crippen LogP contribution >= 0.6 is 0 Å². The Morgan fingerprint density at radius 1 is 1.22 bits per heavy atom. The second kappa shape index (κ2) is 6.41. The number of carbonyl (C=O) groups is 1. The van der Waals surface area contributed by atoms with Crippen LogP contribution in [0.1, 0.15) is 34.6 Å². The van der Waals surface area contributed by atoms with Crippen molar-refractivity contribution < 1.29 is 23.9 Å². The van der Waals surface area contributed by atoms with Crippen molar-refractivity contribution >= 4 is 18.7 Å². The molecule has 126 valence electrons. The number of ether oxygens (including phenoxy) is 1. The highest BCUT2D eigenvalue weighted by molar-refractivity contribution is 6.62. The van der Waals surface area contributed by atoms with E-state index in [0.29, 0.717) is 5.75 Å². The maximum Gasteiger partial charge on any atom is 0.494 e. The van der Waals surface area contributed by atoms with Gasteiger partial charge in [0.05, 0.1) is 17.2 Å². The minimum Gasteiger partial charge on any atom is -0.491 e. The highest BCUT2D eigenvalue weighted by Crippen LogP contribution is 2.36. The summed E-state index contributed by atoms with van der Waals surface area (Å²) in [5.41, 5.74) is 0.183. The van der Waals surface area contributed by atoms with E-state index in [2.05, 4.69) is 5.32 Å². The van der Waals surface area contributed by atoms with E-state index < -0.39 is 13.2 Å². The summed E-state index contributed by atoms with van der Waals surface area (Å²) in [4.78, 5) is 10.5. The zero-order valence-corrected chi connectivity index (χ0v) is 14.3. The Kier molecular flexibility index (Phi) is 4.91. The van der Waals surface area contributed by atoms with Crippen LogP contribution in [0.3, 0.4) is 0 Å². The molecule has 23 heavy (non-hydrogen) atoms. The van der Waals surface area contributed by atoms with Crippen LogP contribution < -0.4 is 15.5 Å². The van der Waals surface area contributed by atoms with E-state index in [9.17, 15) is 4.79 Å². The molecular weight excluding hydrogens is 297 g/mol. The number of nitrogens with one attached hydrogen (secondary N) is 1. The average molecular weight is 321 g/mol. The molecule has 0 bridgehead atoms. The molecule has 0 unspecified atom stereocenters. The van der Waals surface area contributed by atoms with Crippen molar-refractivity contribution in [3.05, 3.63) is 24.3 Å². The third-order valence-corrected chi connectivity index (χ3v) is 4.28. The highest BCUT2D eigenvalue weighted by atomic mass is 16.7. The molecule has 2 rings (SSSR count). The molecule has 1 amide bonds. The molecule has 0 aromatic heterocycles. The van der Waals surface area contributed by atoms with Crippen LogP contribution in [-0.2, 0) is 9.31 Å². The van der Waals surface area contributed by atoms with Gasteiger partial charge in [-0.05, 0) is 52.2 Å². The molecule has 1 fully saturated rings. The molecule has 0 radical (unpaired) electrons. The lowest BCUT2D eigenvalue weighted by Gasteiger charge is -2.32. The second-order valence-electron chi connectivity index (χ2n) is 6.82. The minimum atomic E-state index is -1.06. The molecule has 1 aliphatic heterocycles. The molecule has 1 aliphatic rings. The van der Waals surface area contributed by atoms with Crippen LogP contribution in [0.2, 0.25) is 0 Å². The Morgan fingerprint density at radius 2 is 1.74 bits per heavy atom. The van der Waals surface area contributed by atoms with Gasteiger partial charge in [-0.15, -0.1) is 0 Å². The molecule has 2 N–H and O–H groups in total. The first kappa shape index (κ1) is 17.6. The summed E-state index contributed by atoms with van der Waals surface area (Å²) in [6.45, 7) is 10.1. The highest BCUT2D eigenvalue weighted by Gasteiger charge is 2.51. The molecule has 7 heteroatoms. The van der Waals surface area contributed by atoms with Gasteiger partial charge in [0, 0.05) is 0 Å². The molecule has 0 saturated carbocycles. The standard InChI is InChI=1S/C16H24BNO5/c1-11(18-14(19)20)10-21-13-8-6-12(7-9-13)17-22-15(2,3)16(4,5)23-17/h6-9,11,18H,10H2,1-5H3,(H,19,20)/t11-/m0/s1. The first-order valence-electron chi connectivity index (χ1n) is 7.68. The fourth-order valence-electron chi connectivity index (χ4n) is 2.17. The SMILES string of the molecule is C[C@@H](COc1ccc(B2OC(C)(C)C(C)(C)O2)cc1)NC(=O)O. The lowest BCUT2D eigenvalue weighted by Crippen LogP contribution is -2.41. The zero-order valence-electron chi connectivity index (χ0n) is 14.3. The summed E-state index contributed by atoms with van der Waals surface area (Å²) in [6.07, 6.45) is -1.06. The van der Waals surface area contributed by atoms with Crippen molar-refractivity contribution in [3.8, 4) is 5.75 Å². The van der Waals surface area contributed by atoms with E-state index in [0.717, 1.165) is 5.46 Å². The lowest BCUT2D eigenvalue weighted by atomic mass is 9.79. The topological polar surface area (TPSA) is 77.0 Å². The van der Waals surface area contributed by atoms with Crippen LogP contribution in [0.25, 0.3) is 0 Å². The second-order valence-corrected chi connectivity index (χ2v) is 6.82. The molecule has 1 heterocycles. The van der Waals surface area contributed by atoms with Crippen molar-refractivity contribution in [2.75, 3.05) is 6.61 Å². The van der Waals surface area contributed by atoms with Crippen molar-refractivity contribution in [2.24, 2.45) is 0 Å². The third kappa shape index (κ3) is 4.17. The van der Waals surface area contributed by atoms with E-state index in [4.69, 9.17) is 19.2 Å². The van der Waals surface area contributed by atoms with Gasteiger partial charge in [-0.2, -0.15) is 0 Å². The van der Waals surface area contributed by atoms with Gasteiger partial charge in [0.2, 0.25) is 0 Å². The van der Waals surface area contributed by atoms with Crippen molar-refractivity contribution in [1.29, 1.82) is 0 Å². The minimum absolute atomic E-state index is 0.266. The fourth-order valence-corrected chi connectivity index (χ4v) is 2.17. The van der Waals surface area contributed by atoms with Crippen LogP contribution in [0, 0.1) is 0 Å². The largest absolute Gasteiger partial charge is 0.494 e. The van der Waals surface area contributed by atoms with Gasteiger partial charge >= 0.3 is 13.2 Å². The maximum absolute atomic E-state index is 10.5. The van der Waals surface area contributed by atoms with Crippen LogP contribution in [-0.4, -0.2) is 42.2 Å². The number of hydrogen-bond donors (Lipinski definition) is 2. The fraction of sp³-hybridized carbons (Fsp3) is 0.562. The van der Waals surface area contributed by atoms with Gasteiger partial charge in [0.15, 0.2) is 0 Å². The van der Waals surface area contributed by atoms with E-state index in [-0.39, 0.29) is 23.9 Å². The van der Waals surface area contributed by atoms with Gasteiger partial charge in [-0.1, -0.05) is 12.1 Å². The predicted molar refractivity (Wildman–Crippen MR) is 88.3 cm³/mol. The van der Waals surface area contributed by atoms with Crippen LogP contribution in [0.4, 0.5) is 4.79 Å². The number of benzene rings is 1. The summed E-state index contributed by atoms with van der Waals surface area (Å²) in [5, 5.41) is 11.0. The molecule has 6 nitrogen and oxygen atoms in total. The first-order chi connectivity index (χ1) is 10.6. The molecule has 1 saturated heterocycles. The Labute approximate surface area is 137 Å². The Morgan fingerprint density at radius 3 is 2.22 bits per heavy atom. The summed E-state index contributed by atoms with van der Waals surface area (Å²) < 4.78 is 17.5. The summed E-state index contributed by atoms with van der Waals surface area (Å²) in [6, 6.07) is 7.16. The Balaban J connectivity index is 1.94.